The molecule has 1 aliphatic rings. The van der Waals surface area contributed by atoms with Crippen molar-refractivity contribution in [3.63, 3.8) is 0 Å². The number of para-hydroxylation sites is 2. The second-order valence-electron chi connectivity index (χ2n) is 8.30. The zero-order valence-electron chi connectivity index (χ0n) is 17.9. The SMILES string of the molecule is CC[C@@H](C)Cc1c(C)sc2nc(CN3CCN(c4ccccc4O)CC3)[nH]c(=O)c12. The summed E-state index contributed by atoms with van der Waals surface area (Å²) < 4.78 is 0. The molecule has 2 N–H and O–H groups in total. The lowest BCUT2D eigenvalue weighted by Crippen LogP contribution is -2.46. The van der Waals surface area contributed by atoms with Crippen molar-refractivity contribution in [1.82, 2.24) is 14.9 Å². The van der Waals surface area contributed by atoms with Gasteiger partial charge in [0.25, 0.3) is 5.56 Å². The van der Waals surface area contributed by atoms with Gasteiger partial charge in [-0.25, -0.2) is 4.98 Å². The minimum atomic E-state index is -0.00880. The molecule has 1 aromatic carbocycles. The van der Waals surface area contributed by atoms with E-state index in [4.69, 9.17) is 4.98 Å². The number of nitrogens with zero attached hydrogens (tertiary/aromatic N) is 3. The van der Waals surface area contributed by atoms with Crippen molar-refractivity contribution >= 4 is 27.2 Å². The highest BCUT2D eigenvalue weighted by Gasteiger charge is 2.21. The molecule has 0 amide bonds. The van der Waals surface area contributed by atoms with Crippen LogP contribution in [0.3, 0.4) is 0 Å². The fourth-order valence-electron chi connectivity index (χ4n) is 4.12. The van der Waals surface area contributed by atoms with Crippen LogP contribution in [-0.4, -0.2) is 46.2 Å². The zero-order chi connectivity index (χ0) is 21.3. The summed E-state index contributed by atoms with van der Waals surface area (Å²) >= 11 is 1.64. The minimum Gasteiger partial charge on any atom is -0.506 e. The molecule has 0 unspecified atom stereocenters. The van der Waals surface area contributed by atoms with E-state index in [0.717, 1.165) is 60.7 Å². The zero-order valence-corrected chi connectivity index (χ0v) is 18.8. The number of aromatic hydroxyl groups is 1. The Balaban J connectivity index is 1.47. The van der Waals surface area contributed by atoms with Gasteiger partial charge in [0.1, 0.15) is 16.4 Å². The van der Waals surface area contributed by atoms with Crippen molar-refractivity contribution in [2.45, 2.75) is 40.2 Å². The van der Waals surface area contributed by atoms with Gasteiger partial charge in [0.15, 0.2) is 0 Å². The fourth-order valence-corrected chi connectivity index (χ4v) is 5.20. The molecule has 160 valence electrons. The number of nitrogens with one attached hydrogen (secondary N) is 1. The van der Waals surface area contributed by atoms with Gasteiger partial charge in [-0.2, -0.15) is 0 Å². The predicted octanol–water partition coefficient (Wildman–Crippen LogP) is 3.91. The average molecular weight is 427 g/mol. The highest BCUT2D eigenvalue weighted by molar-refractivity contribution is 7.18. The van der Waals surface area contributed by atoms with Crippen LogP contribution in [0.1, 0.15) is 36.5 Å². The summed E-state index contributed by atoms with van der Waals surface area (Å²) in [5.74, 6) is 1.62. The molecule has 1 fully saturated rings. The number of rotatable bonds is 6. The number of fused-ring (bicyclic) bond motifs is 1. The van der Waals surface area contributed by atoms with Crippen molar-refractivity contribution in [2.24, 2.45) is 5.92 Å². The normalized spacial score (nSPS) is 16.3. The third-order valence-electron chi connectivity index (χ3n) is 6.13. The molecule has 1 atom stereocenters. The highest BCUT2D eigenvalue weighted by atomic mass is 32.1. The van der Waals surface area contributed by atoms with Gasteiger partial charge in [0, 0.05) is 31.1 Å². The van der Waals surface area contributed by atoms with Crippen LogP contribution in [-0.2, 0) is 13.0 Å². The van der Waals surface area contributed by atoms with Crippen LogP contribution in [0.2, 0.25) is 0 Å². The third kappa shape index (κ3) is 4.23. The van der Waals surface area contributed by atoms with Gasteiger partial charge >= 0.3 is 0 Å². The minimum absolute atomic E-state index is 0.00880. The third-order valence-corrected chi connectivity index (χ3v) is 7.17. The fraction of sp³-hybridized carbons (Fsp3) is 0.478. The Morgan fingerprint density at radius 3 is 2.67 bits per heavy atom. The molecule has 7 heteroatoms. The molecule has 6 nitrogen and oxygen atoms in total. The Labute approximate surface area is 181 Å². The number of aromatic nitrogens is 2. The van der Waals surface area contributed by atoms with E-state index in [1.165, 1.54) is 10.4 Å². The number of H-pyrrole nitrogens is 1. The Morgan fingerprint density at radius 1 is 1.23 bits per heavy atom. The Morgan fingerprint density at radius 2 is 1.97 bits per heavy atom. The van der Waals surface area contributed by atoms with Gasteiger partial charge in [0.05, 0.1) is 17.6 Å². The first-order valence-electron chi connectivity index (χ1n) is 10.7. The number of anilines is 1. The van der Waals surface area contributed by atoms with Crippen molar-refractivity contribution in [1.29, 1.82) is 0 Å². The molecule has 3 heterocycles. The maximum Gasteiger partial charge on any atom is 0.259 e. The van der Waals surface area contributed by atoms with Gasteiger partial charge in [-0.1, -0.05) is 32.4 Å². The van der Waals surface area contributed by atoms with Gasteiger partial charge < -0.3 is 15.0 Å². The summed E-state index contributed by atoms with van der Waals surface area (Å²) in [5.41, 5.74) is 2.04. The highest BCUT2D eigenvalue weighted by Crippen LogP contribution is 2.30. The lowest BCUT2D eigenvalue weighted by atomic mass is 9.98. The van der Waals surface area contributed by atoms with Crippen molar-refractivity contribution < 1.29 is 5.11 Å². The van der Waals surface area contributed by atoms with Gasteiger partial charge in [-0.05, 0) is 37.0 Å². The largest absolute Gasteiger partial charge is 0.506 e. The van der Waals surface area contributed by atoms with E-state index < -0.39 is 0 Å². The summed E-state index contributed by atoms with van der Waals surface area (Å²) in [5, 5.41) is 10.9. The van der Waals surface area contributed by atoms with E-state index in [0.29, 0.717) is 18.2 Å². The molecular weight excluding hydrogens is 396 g/mol. The molecule has 0 saturated carbocycles. The van der Waals surface area contributed by atoms with Gasteiger partial charge in [-0.15, -0.1) is 11.3 Å². The van der Waals surface area contributed by atoms with Crippen LogP contribution < -0.4 is 10.5 Å². The van der Waals surface area contributed by atoms with Crippen molar-refractivity contribution in [2.75, 3.05) is 31.1 Å². The number of phenols is 1. The molecule has 1 aliphatic heterocycles. The predicted molar refractivity (Wildman–Crippen MR) is 124 cm³/mol. The van der Waals surface area contributed by atoms with E-state index in [1.54, 1.807) is 17.4 Å². The number of aryl methyl sites for hydroxylation is 1. The molecule has 0 spiro atoms. The summed E-state index contributed by atoms with van der Waals surface area (Å²) in [6, 6.07) is 7.47. The number of hydrogen-bond acceptors (Lipinski definition) is 6. The molecule has 0 aliphatic carbocycles. The second kappa shape index (κ2) is 8.78. The molecule has 1 saturated heterocycles. The van der Waals surface area contributed by atoms with Crippen LogP contribution in [0, 0.1) is 12.8 Å². The summed E-state index contributed by atoms with van der Waals surface area (Å²) in [6.45, 7) is 10.5. The van der Waals surface area contributed by atoms with E-state index in [1.807, 2.05) is 18.2 Å². The van der Waals surface area contributed by atoms with Crippen LogP contribution >= 0.6 is 11.3 Å². The van der Waals surface area contributed by atoms with E-state index in [2.05, 4.69) is 35.6 Å². The molecule has 2 aromatic heterocycles. The van der Waals surface area contributed by atoms with E-state index >= 15 is 0 Å². The summed E-state index contributed by atoms with van der Waals surface area (Å²) in [7, 11) is 0. The molecule has 3 aromatic rings. The number of piperazine rings is 1. The van der Waals surface area contributed by atoms with Gasteiger partial charge in [0.2, 0.25) is 0 Å². The lowest BCUT2D eigenvalue weighted by Gasteiger charge is -2.36. The number of phenolic OH excluding ortho intramolecular Hbond substituents is 1. The lowest BCUT2D eigenvalue weighted by molar-refractivity contribution is 0.243. The summed E-state index contributed by atoms with van der Waals surface area (Å²) in [6.07, 6.45) is 2.04. The standard InChI is InChI=1S/C23H30N4O2S/c1-4-15(2)13-17-16(3)30-23-21(17)22(29)24-20(25-23)14-26-9-11-27(12-10-26)18-7-5-6-8-19(18)28/h5-8,15,28H,4,9-14H2,1-3H3,(H,24,25,29)/t15-/m1/s1. The van der Waals surface area contributed by atoms with Crippen LogP contribution in [0.5, 0.6) is 5.75 Å². The first-order chi connectivity index (χ1) is 14.5. The van der Waals surface area contributed by atoms with E-state index in [9.17, 15) is 9.90 Å². The maximum atomic E-state index is 12.9. The van der Waals surface area contributed by atoms with Crippen LogP contribution in [0.4, 0.5) is 5.69 Å². The quantitative estimate of drug-likeness (QED) is 0.625. The Hall–Kier alpha value is -2.38. The molecular formula is C23H30N4O2S. The number of aromatic amines is 1. The summed E-state index contributed by atoms with van der Waals surface area (Å²) in [4.78, 5) is 27.3. The monoisotopic (exact) mass is 426 g/mol. The molecule has 4 rings (SSSR count). The van der Waals surface area contributed by atoms with E-state index in [-0.39, 0.29) is 5.56 Å². The Bertz CT molecular complexity index is 1080. The van der Waals surface area contributed by atoms with Crippen molar-refractivity contribution in [3.05, 3.63) is 50.9 Å². The number of hydrogen-bond donors (Lipinski definition) is 2. The molecule has 30 heavy (non-hydrogen) atoms. The number of thiophene rings is 1. The Kier molecular flexibility index (Phi) is 6.11. The smallest absolute Gasteiger partial charge is 0.259 e. The van der Waals surface area contributed by atoms with Crippen LogP contribution in [0.15, 0.2) is 29.1 Å². The maximum absolute atomic E-state index is 12.9. The van der Waals surface area contributed by atoms with Gasteiger partial charge in [-0.3, -0.25) is 9.69 Å². The molecule has 0 bridgehead atoms. The first kappa shape index (κ1) is 20.9. The van der Waals surface area contributed by atoms with Crippen LogP contribution in [0.25, 0.3) is 10.2 Å². The average Bonchev–Trinajstić information content (AvgIpc) is 3.04. The molecule has 0 radical (unpaired) electrons. The second-order valence-corrected chi connectivity index (χ2v) is 9.50. The number of benzene rings is 1. The first-order valence-corrected chi connectivity index (χ1v) is 11.5. The van der Waals surface area contributed by atoms with Crippen molar-refractivity contribution in [3.8, 4) is 5.75 Å². The topological polar surface area (TPSA) is 72.5 Å².